The Morgan fingerprint density at radius 1 is 1.32 bits per heavy atom. The normalized spacial score (nSPS) is 17.8. The minimum atomic E-state index is -3.88. The van der Waals surface area contributed by atoms with Crippen LogP contribution in [0.15, 0.2) is 23.1 Å². The molecule has 0 amide bonds. The molecular weight excluding hydrogens is 350 g/mol. The standard InChI is InChI=1S/C14H20ClFN2O2S.ClH/c15-12-7-6-11(16)8-14(12)21(19,20)18-13(9-17)10-4-2-1-3-5-10;/h6-8,10,13,18H,1-5,9,17H2;1H. The van der Waals surface area contributed by atoms with Gasteiger partial charge in [0.25, 0.3) is 0 Å². The summed E-state index contributed by atoms with van der Waals surface area (Å²) >= 11 is 5.88. The Balaban J connectivity index is 0.00000242. The van der Waals surface area contributed by atoms with Crippen LogP contribution in [-0.2, 0) is 10.0 Å². The van der Waals surface area contributed by atoms with Crippen molar-refractivity contribution >= 4 is 34.0 Å². The van der Waals surface area contributed by atoms with Crippen LogP contribution in [0.5, 0.6) is 0 Å². The van der Waals surface area contributed by atoms with E-state index in [0.717, 1.165) is 37.8 Å². The zero-order valence-corrected chi connectivity index (χ0v) is 14.5. The molecule has 0 heterocycles. The smallest absolute Gasteiger partial charge is 0.242 e. The van der Waals surface area contributed by atoms with E-state index in [2.05, 4.69) is 4.72 Å². The fourth-order valence-corrected chi connectivity index (χ4v) is 4.65. The molecule has 1 fully saturated rings. The molecule has 1 aliphatic rings. The van der Waals surface area contributed by atoms with Crippen LogP contribution in [0.3, 0.4) is 0 Å². The van der Waals surface area contributed by atoms with Crippen LogP contribution in [-0.4, -0.2) is 21.0 Å². The summed E-state index contributed by atoms with van der Waals surface area (Å²) in [6, 6.07) is 2.96. The molecule has 1 aromatic rings. The zero-order valence-electron chi connectivity index (χ0n) is 12.1. The maximum atomic E-state index is 13.3. The highest BCUT2D eigenvalue weighted by Crippen LogP contribution is 2.28. The molecule has 1 unspecified atom stereocenters. The van der Waals surface area contributed by atoms with Gasteiger partial charge in [-0.15, -0.1) is 12.4 Å². The van der Waals surface area contributed by atoms with E-state index >= 15 is 0 Å². The lowest BCUT2D eigenvalue weighted by Gasteiger charge is -2.29. The molecule has 4 nitrogen and oxygen atoms in total. The average Bonchev–Trinajstić information content (AvgIpc) is 2.48. The largest absolute Gasteiger partial charge is 0.329 e. The van der Waals surface area contributed by atoms with E-state index < -0.39 is 15.8 Å². The molecule has 0 spiro atoms. The molecule has 0 aliphatic heterocycles. The highest BCUT2D eigenvalue weighted by molar-refractivity contribution is 7.89. The Bertz CT molecular complexity index is 593. The van der Waals surface area contributed by atoms with E-state index in [1.165, 1.54) is 12.5 Å². The van der Waals surface area contributed by atoms with Crippen LogP contribution >= 0.6 is 24.0 Å². The van der Waals surface area contributed by atoms with Crippen LogP contribution in [0, 0.1) is 11.7 Å². The number of nitrogens with one attached hydrogen (secondary N) is 1. The number of halogens is 3. The molecule has 2 rings (SSSR count). The lowest BCUT2D eigenvalue weighted by molar-refractivity contribution is 0.294. The highest BCUT2D eigenvalue weighted by Gasteiger charge is 2.28. The first-order valence-corrected chi connectivity index (χ1v) is 8.97. The van der Waals surface area contributed by atoms with Gasteiger partial charge in [-0.05, 0) is 37.0 Å². The first-order valence-electron chi connectivity index (χ1n) is 7.11. The summed E-state index contributed by atoms with van der Waals surface area (Å²) in [6.45, 7) is 0.219. The van der Waals surface area contributed by atoms with Crippen molar-refractivity contribution in [1.29, 1.82) is 0 Å². The third-order valence-corrected chi connectivity index (χ3v) is 5.93. The number of sulfonamides is 1. The first-order chi connectivity index (χ1) is 9.94. The van der Waals surface area contributed by atoms with E-state index in [0.29, 0.717) is 0 Å². The lowest BCUT2D eigenvalue weighted by atomic mass is 9.84. The fourth-order valence-electron chi connectivity index (χ4n) is 2.82. The number of benzene rings is 1. The predicted molar refractivity (Wildman–Crippen MR) is 88.4 cm³/mol. The molecule has 1 aromatic carbocycles. The minimum absolute atomic E-state index is 0. The summed E-state index contributed by atoms with van der Waals surface area (Å²) in [7, 11) is -3.88. The van der Waals surface area contributed by atoms with Gasteiger partial charge in [0.1, 0.15) is 10.7 Å². The van der Waals surface area contributed by atoms with Gasteiger partial charge in [-0.2, -0.15) is 0 Å². The topological polar surface area (TPSA) is 72.2 Å². The molecule has 1 aliphatic carbocycles. The Morgan fingerprint density at radius 3 is 2.55 bits per heavy atom. The summed E-state index contributed by atoms with van der Waals surface area (Å²) in [5.41, 5.74) is 5.72. The number of hydrogen-bond acceptors (Lipinski definition) is 3. The van der Waals surface area contributed by atoms with Gasteiger partial charge in [-0.3, -0.25) is 0 Å². The lowest BCUT2D eigenvalue weighted by Crippen LogP contribution is -2.45. The molecular formula is C14H21Cl2FN2O2S. The minimum Gasteiger partial charge on any atom is -0.329 e. The predicted octanol–water partition coefficient (Wildman–Crippen LogP) is 3.09. The quantitative estimate of drug-likeness (QED) is 0.836. The van der Waals surface area contributed by atoms with Gasteiger partial charge in [0.2, 0.25) is 10.0 Å². The molecule has 22 heavy (non-hydrogen) atoms. The number of nitrogens with two attached hydrogens (primary N) is 1. The molecule has 0 saturated heterocycles. The fraction of sp³-hybridized carbons (Fsp3) is 0.571. The maximum absolute atomic E-state index is 13.3. The third kappa shape index (κ3) is 4.80. The summed E-state index contributed by atoms with van der Waals surface area (Å²) in [5, 5.41) is 0.00307. The Morgan fingerprint density at radius 2 is 1.95 bits per heavy atom. The molecule has 8 heteroatoms. The van der Waals surface area contributed by atoms with Gasteiger partial charge < -0.3 is 5.73 Å². The van der Waals surface area contributed by atoms with Crippen molar-refractivity contribution in [3.63, 3.8) is 0 Å². The second-order valence-corrected chi connectivity index (χ2v) is 7.53. The van der Waals surface area contributed by atoms with Crippen molar-refractivity contribution in [2.75, 3.05) is 6.54 Å². The van der Waals surface area contributed by atoms with Crippen LogP contribution in [0.2, 0.25) is 5.02 Å². The van der Waals surface area contributed by atoms with Crippen LogP contribution in [0.4, 0.5) is 4.39 Å². The van der Waals surface area contributed by atoms with E-state index in [1.54, 1.807) is 0 Å². The SMILES string of the molecule is Cl.NCC(NS(=O)(=O)c1cc(F)ccc1Cl)C1CCCCC1. The number of rotatable bonds is 5. The third-order valence-electron chi connectivity index (χ3n) is 3.96. The second-order valence-electron chi connectivity index (χ2n) is 5.44. The summed E-state index contributed by atoms with van der Waals surface area (Å²) in [6.07, 6.45) is 5.27. The van der Waals surface area contributed by atoms with E-state index in [-0.39, 0.29) is 40.8 Å². The van der Waals surface area contributed by atoms with Crippen molar-refractivity contribution in [2.24, 2.45) is 11.7 Å². The summed E-state index contributed by atoms with van der Waals surface area (Å²) in [4.78, 5) is -0.238. The summed E-state index contributed by atoms with van der Waals surface area (Å²) < 4.78 is 40.7. The van der Waals surface area contributed by atoms with Crippen molar-refractivity contribution in [1.82, 2.24) is 4.72 Å². The molecule has 0 bridgehead atoms. The van der Waals surface area contributed by atoms with Gasteiger partial charge in [0.05, 0.1) is 5.02 Å². The van der Waals surface area contributed by atoms with Crippen LogP contribution in [0.25, 0.3) is 0 Å². The maximum Gasteiger partial charge on any atom is 0.242 e. The molecule has 1 atom stereocenters. The van der Waals surface area contributed by atoms with E-state index in [1.807, 2.05) is 0 Å². The Kier molecular flexibility index (Phi) is 7.55. The van der Waals surface area contributed by atoms with Crippen molar-refractivity contribution in [2.45, 2.75) is 43.0 Å². The van der Waals surface area contributed by atoms with Gasteiger partial charge in [0.15, 0.2) is 0 Å². The monoisotopic (exact) mass is 370 g/mol. The molecule has 1 saturated carbocycles. The molecule has 0 radical (unpaired) electrons. The van der Waals surface area contributed by atoms with E-state index in [9.17, 15) is 12.8 Å². The molecule has 126 valence electrons. The Hall–Kier alpha value is -0.400. The Labute approximate surface area is 142 Å². The first kappa shape index (κ1) is 19.6. The van der Waals surface area contributed by atoms with Gasteiger partial charge in [0, 0.05) is 12.6 Å². The number of hydrogen-bond donors (Lipinski definition) is 2. The molecule has 3 N–H and O–H groups in total. The van der Waals surface area contributed by atoms with Gasteiger partial charge in [-0.25, -0.2) is 17.5 Å². The molecule has 0 aromatic heterocycles. The second kappa shape index (κ2) is 8.45. The van der Waals surface area contributed by atoms with Crippen LogP contribution < -0.4 is 10.5 Å². The zero-order chi connectivity index (χ0) is 15.5. The van der Waals surface area contributed by atoms with Crippen molar-refractivity contribution in [3.8, 4) is 0 Å². The van der Waals surface area contributed by atoms with Crippen molar-refractivity contribution < 1.29 is 12.8 Å². The van der Waals surface area contributed by atoms with Crippen molar-refractivity contribution in [3.05, 3.63) is 29.0 Å². The van der Waals surface area contributed by atoms with Gasteiger partial charge >= 0.3 is 0 Å². The highest BCUT2D eigenvalue weighted by atomic mass is 35.5. The van der Waals surface area contributed by atoms with Crippen LogP contribution in [0.1, 0.15) is 32.1 Å². The summed E-state index contributed by atoms with van der Waals surface area (Å²) in [5.74, 6) is -0.410. The van der Waals surface area contributed by atoms with E-state index in [4.69, 9.17) is 17.3 Å². The average molecular weight is 371 g/mol. The van der Waals surface area contributed by atoms with Gasteiger partial charge in [-0.1, -0.05) is 30.9 Å².